The molecule has 0 heterocycles. The summed E-state index contributed by atoms with van der Waals surface area (Å²) < 4.78 is 24.7. The van der Waals surface area contributed by atoms with Crippen molar-refractivity contribution in [1.29, 1.82) is 0 Å². The van der Waals surface area contributed by atoms with Crippen LogP contribution in [-0.2, 0) is 20.5 Å². The lowest BCUT2D eigenvalue weighted by molar-refractivity contribution is 0.0592. The summed E-state index contributed by atoms with van der Waals surface area (Å²) in [7, 11) is 1.62. The molecule has 0 radical (unpaired) electrons. The van der Waals surface area contributed by atoms with Crippen LogP contribution in [0.15, 0.2) is 48.5 Å². The van der Waals surface area contributed by atoms with Gasteiger partial charge in [-0.25, -0.2) is 18.5 Å². The largest absolute Gasteiger partial charge is 0.465 e. The van der Waals surface area contributed by atoms with E-state index in [1.165, 1.54) is 27.1 Å². The van der Waals surface area contributed by atoms with Gasteiger partial charge in [0.2, 0.25) is 0 Å². The van der Waals surface area contributed by atoms with E-state index in [2.05, 4.69) is 23.3 Å². The fourth-order valence-corrected chi connectivity index (χ4v) is 4.80. The van der Waals surface area contributed by atoms with Gasteiger partial charge in [-0.15, -0.1) is 0 Å². The van der Waals surface area contributed by atoms with E-state index >= 15 is 0 Å². The van der Waals surface area contributed by atoms with Gasteiger partial charge in [-0.2, -0.15) is 0 Å². The lowest BCUT2D eigenvalue weighted by Gasteiger charge is -2.24. The summed E-state index contributed by atoms with van der Waals surface area (Å²) in [5.74, 6) is -0.651. The van der Waals surface area contributed by atoms with Crippen LogP contribution in [-0.4, -0.2) is 35.1 Å². The van der Waals surface area contributed by atoms with Crippen molar-refractivity contribution in [2.75, 3.05) is 14.2 Å². The quantitative estimate of drug-likeness (QED) is 0.182. The van der Waals surface area contributed by atoms with E-state index in [1.807, 2.05) is 45.0 Å². The third-order valence-corrected chi connectivity index (χ3v) is 8.13. The third kappa shape index (κ3) is 12.7. The van der Waals surface area contributed by atoms with Gasteiger partial charge in [0, 0.05) is 12.1 Å². The van der Waals surface area contributed by atoms with E-state index in [-0.39, 0.29) is 28.8 Å². The fourth-order valence-electron chi connectivity index (χ4n) is 3.93. The van der Waals surface area contributed by atoms with Gasteiger partial charge in [-0.1, -0.05) is 76.6 Å². The molecule has 2 rings (SSSR count). The summed E-state index contributed by atoms with van der Waals surface area (Å²) in [6.07, 6.45) is 8.86. The van der Waals surface area contributed by atoms with Crippen LogP contribution in [0, 0.1) is 0 Å². The van der Waals surface area contributed by atoms with Gasteiger partial charge in [-0.05, 0) is 69.0 Å². The zero-order valence-corrected chi connectivity index (χ0v) is 26.3. The Morgan fingerprint density at radius 1 is 0.775 bits per heavy atom. The minimum Gasteiger partial charge on any atom is -0.465 e. The van der Waals surface area contributed by atoms with Crippen molar-refractivity contribution in [3.8, 4) is 0 Å². The Bertz CT molecular complexity index is 1030. The number of benzene rings is 2. The van der Waals surface area contributed by atoms with E-state index in [9.17, 15) is 13.8 Å². The molecular weight excluding hydrogens is 524 g/mol. The van der Waals surface area contributed by atoms with Crippen molar-refractivity contribution in [1.82, 2.24) is 4.72 Å². The Hall–Kier alpha value is -2.55. The standard InChI is InChI=1S/C18H29NO3S.C14H21NO2/c1-6-7-8-9-16(19-23(21)18(2,3)4)14-10-12-15(13-11-14)17(20)22-5;1-3-4-5-6-13(15)11-7-9-12(10-8-11)14(16)17-2/h10-13,16,19H,6-9H2,1-5H3;7-10,13H,3-6,15H2,1-2H3/t16-,23+;13-/m11/s1. The number of carbonyl (C=O) groups excluding carboxylic acids is 2. The number of methoxy groups -OCH3 is 2. The first kappa shape index (κ1) is 35.5. The van der Waals surface area contributed by atoms with E-state index in [0.29, 0.717) is 11.1 Å². The van der Waals surface area contributed by atoms with Gasteiger partial charge >= 0.3 is 11.9 Å². The number of hydrogen-bond acceptors (Lipinski definition) is 6. The van der Waals surface area contributed by atoms with Crippen LogP contribution in [0.25, 0.3) is 0 Å². The van der Waals surface area contributed by atoms with Crippen molar-refractivity contribution in [3.05, 3.63) is 70.8 Å². The fraction of sp³-hybridized carbons (Fsp3) is 0.562. The number of nitrogens with two attached hydrogens (primary N) is 1. The Balaban J connectivity index is 0.000000418. The lowest BCUT2D eigenvalue weighted by Crippen LogP contribution is -2.35. The number of ether oxygens (including phenoxy) is 2. The molecule has 0 spiro atoms. The first-order valence-corrected chi connectivity index (χ1v) is 15.4. The molecule has 2 aromatic rings. The maximum atomic E-state index is 12.4. The predicted molar refractivity (Wildman–Crippen MR) is 165 cm³/mol. The summed E-state index contributed by atoms with van der Waals surface area (Å²) in [5.41, 5.74) is 9.30. The molecule has 2 aromatic carbocycles. The molecule has 224 valence electrons. The summed E-state index contributed by atoms with van der Waals surface area (Å²) in [6.45, 7) is 10.2. The number of carbonyl (C=O) groups is 2. The highest BCUT2D eigenvalue weighted by Crippen LogP contribution is 2.24. The average molecular weight is 575 g/mol. The Morgan fingerprint density at radius 2 is 1.20 bits per heavy atom. The van der Waals surface area contributed by atoms with Crippen LogP contribution in [0.1, 0.15) is 130 Å². The SMILES string of the molecule is CCCCC[C@@H](N)c1ccc(C(=O)OC)cc1.CCCCC[C@@H](N[S@@](=O)C(C)(C)C)c1ccc(C(=O)OC)cc1. The molecule has 3 N–H and O–H groups in total. The molecule has 0 aliphatic rings. The summed E-state index contributed by atoms with van der Waals surface area (Å²) in [5, 5.41) is 0. The molecule has 0 aromatic heterocycles. The highest BCUT2D eigenvalue weighted by Gasteiger charge is 2.23. The topological polar surface area (TPSA) is 108 Å². The van der Waals surface area contributed by atoms with Crippen molar-refractivity contribution >= 4 is 22.9 Å². The van der Waals surface area contributed by atoms with Gasteiger partial charge in [0.1, 0.15) is 0 Å². The van der Waals surface area contributed by atoms with Crippen molar-refractivity contribution in [2.24, 2.45) is 5.73 Å². The molecule has 0 unspecified atom stereocenters. The predicted octanol–water partition coefficient (Wildman–Crippen LogP) is 7.20. The molecule has 0 aliphatic carbocycles. The maximum absolute atomic E-state index is 12.4. The van der Waals surface area contributed by atoms with Gasteiger partial charge < -0.3 is 15.2 Å². The van der Waals surface area contributed by atoms with Crippen molar-refractivity contribution in [3.63, 3.8) is 0 Å². The second kappa shape index (κ2) is 18.7. The van der Waals surface area contributed by atoms with Crippen LogP contribution in [0.5, 0.6) is 0 Å². The lowest BCUT2D eigenvalue weighted by atomic mass is 10.00. The van der Waals surface area contributed by atoms with Gasteiger partial charge in [-0.3, -0.25) is 0 Å². The highest BCUT2D eigenvalue weighted by molar-refractivity contribution is 7.84. The zero-order valence-electron chi connectivity index (χ0n) is 25.5. The van der Waals surface area contributed by atoms with Gasteiger partial charge in [0.05, 0.1) is 41.1 Å². The first-order chi connectivity index (χ1) is 19.0. The zero-order chi connectivity index (χ0) is 30.1. The second-order valence-corrected chi connectivity index (χ2v) is 12.9. The van der Waals surface area contributed by atoms with Crippen molar-refractivity contribution < 1.29 is 23.3 Å². The summed E-state index contributed by atoms with van der Waals surface area (Å²) in [6, 6.07) is 14.8. The Labute approximate surface area is 244 Å². The van der Waals surface area contributed by atoms with Crippen molar-refractivity contribution in [2.45, 2.75) is 103 Å². The normalized spacial score (nSPS) is 13.4. The molecule has 40 heavy (non-hydrogen) atoms. The molecule has 0 fully saturated rings. The minimum atomic E-state index is -1.13. The summed E-state index contributed by atoms with van der Waals surface area (Å²) >= 11 is 0. The monoisotopic (exact) mass is 574 g/mol. The average Bonchev–Trinajstić information content (AvgIpc) is 2.96. The minimum absolute atomic E-state index is 0.0216. The van der Waals surface area contributed by atoms with E-state index in [4.69, 9.17) is 10.5 Å². The maximum Gasteiger partial charge on any atom is 0.337 e. The van der Waals surface area contributed by atoms with Crippen LogP contribution < -0.4 is 10.5 Å². The van der Waals surface area contributed by atoms with Crippen LogP contribution >= 0.6 is 0 Å². The Kier molecular flexibility index (Phi) is 16.6. The molecule has 3 atom stereocenters. The molecular formula is C32H50N2O5S. The first-order valence-electron chi connectivity index (χ1n) is 14.3. The molecule has 0 saturated carbocycles. The molecule has 8 heteroatoms. The van der Waals surface area contributed by atoms with E-state index in [0.717, 1.165) is 49.7 Å². The molecule has 7 nitrogen and oxygen atoms in total. The number of nitrogens with one attached hydrogen (secondary N) is 1. The molecule has 0 amide bonds. The van der Waals surface area contributed by atoms with Gasteiger partial charge in [0.15, 0.2) is 0 Å². The number of rotatable bonds is 14. The molecule has 0 saturated heterocycles. The van der Waals surface area contributed by atoms with E-state index in [1.54, 1.807) is 24.3 Å². The number of esters is 2. The van der Waals surface area contributed by atoms with Crippen LogP contribution in [0.3, 0.4) is 0 Å². The van der Waals surface area contributed by atoms with Crippen LogP contribution in [0.4, 0.5) is 0 Å². The van der Waals surface area contributed by atoms with E-state index < -0.39 is 11.0 Å². The number of unbranched alkanes of at least 4 members (excludes halogenated alkanes) is 4. The smallest absolute Gasteiger partial charge is 0.337 e. The van der Waals surface area contributed by atoms with Crippen LogP contribution in [0.2, 0.25) is 0 Å². The summed E-state index contributed by atoms with van der Waals surface area (Å²) in [4.78, 5) is 22.8. The molecule has 0 bridgehead atoms. The van der Waals surface area contributed by atoms with Gasteiger partial charge in [0.25, 0.3) is 0 Å². The second-order valence-electron chi connectivity index (χ2n) is 10.9. The number of hydrogen-bond donors (Lipinski definition) is 2. The highest BCUT2D eigenvalue weighted by atomic mass is 32.2. The third-order valence-electron chi connectivity index (χ3n) is 6.51. The molecule has 0 aliphatic heterocycles. The Morgan fingerprint density at radius 3 is 1.60 bits per heavy atom.